The predicted octanol–water partition coefficient (Wildman–Crippen LogP) is 18.2. The molecular formula is C54H65Cl2F3SiZr. The van der Waals surface area contributed by atoms with Gasteiger partial charge in [-0.15, -0.1) is 69.1 Å². The monoisotopic (exact) mass is 958 g/mol. The molecule has 0 amide bonds. The van der Waals surface area contributed by atoms with Gasteiger partial charge in [-0.25, -0.2) is 0 Å². The summed E-state index contributed by atoms with van der Waals surface area (Å²) in [5.74, 6) is 1.79. The van der Waals surface area contributed by atoms with Crippen LogP contribution >= 0.6 is 17.0 Å². The van der Waals surface area contributed by atoms with Crippen molar-refractivity contribution >= 4 is 48.1 Å². The van der Waals surface area contributed by atoms with E-state index < -0.39 is 33.4 Å². The molecule has 0 nitrogen and oxygen atoms in total. The Bertz CT molecular complexity index is 2030. The van der Waals surface area contributed by atoms with Crippen molar-refractivity contribution in [1.29, 1.82) is 0 Å². The quantitative estimate of drug-likeness (QED) is 0.0810. The summed E-state index contributed by atoms with van der Waals surface area (Å²) in [7, 11) is 10.3. The molecule has 324 valence electrons. The van der Waals surface area contributed by atoms with Crippen molar-refractivity contribution in [3.8, 4) is 22.3 Å². The number of aryl methyl sites for hydroxylation is 4. The van der Waals surface area contributed by atoms with E-state index in [1.165, 1.54) is 156 Å². The zero-order valence-corrected chi connectivity index (χ0v) is 42.1. The van der Waals surface area contributed by atoms with E-state index in [-0.39, 0.29) is 6.04 Å². The molecule has 0 heterocycles. The third-order valence-corrected chi connectivity index (χ3v) is 13.1. The number of hydrogen-bond acceptors (Lipinski definition) is 0. The molecule has 0 unspecified atom stereocenters. The molecule has 0 aromatic heterocycles. The zero-order valence-electron chi connectivity index (χ0n) is 37.1. The molecule has 6 aromatic rings. The number of alkyl halides is 3. The van der Waals surface area contributed by atoms with Gasteiger partial charge in [-0.1, -0.05) is 172 Å². The van der Waals surface area contributed by atoms with Crippen LogP contribution in [0.3, 0.4) is 0 Å². The molecule has 2 aliphatic carbocycles. The summed E-state index contributed by atoms with van der Waals surface area (Å²) in [5, 5.41) is 5.66. The number of halogens is 5. The summed E-state index contributed by atoms with van der Waals surface area (Å²) in [4.78, 5) is 0. The molecule has 0 aliphatic heterocycles. The Morgan fingerprint density at radius 2 is 0.934 bits per heavy atom. The standard InChI is InChI=1S/2C25H29.C4H7F3Si.2ClH.Zr/c2*1-18-12-19(2)14-23(13-18)24-11-7-10-22-16-21(17-25(22)24)15-20-8-5-3-4-6-9-20;1-8-3-2-4(5,6)7;;;/h2*7,10-14,16-17,20H,3-6,8-9,15H2,1-2H3;2-3H2,1H3;2*1H;/q2*-1;;;;+4/p-2. The first-order chi connectivity index (χ1) is 29.3. The van der Waals surface area contributed by atoms with Gasteiger partial charge in [0.25, 0.3) is 0 Å². The molecule has 6 aromatic carbocycles. The van der Waals surface area contributed by atoms with Crippen molar-refractivity contribution in [3.63, 3.8) is 0 Å². The maximum absolute atomic E-state index is 11.2. The van der Waals surface area contributed by atoms with E-state index in [4.69, 9.17) is 17.0 Å². The Labute approximate surface area is 386 Å². The van der Waals surface area contributed by atoms with Gasteiger partial charge in [0.2, 0.25) is 0 Å². The molecule has 0 bridgehead atoms. The van der Waals surface area contributed by atoms with Crippen molar-refractivity contribution in [2.75, 3.05) is 0 Å². The van der Waals surface area contributed by atoms with E-state index in [9.17, 15) is 13.2 Å². The van der Waals surface area contributed by atoms with Gasteiger partial charge in [-0.2, -0.15) is 25.3 Å². The average molecular weight is 961 g/mol. The Kier molecular flexibility index (Phi) is 20.5. The van der Waals surface area contributed by atoms with Crippen LogP contribution < -0.4 is 0 Å². The normalized spacial score (nSPS) is 15.0. The van der Waals surface area contributed by atoms with Gasteiger partial charge in [0.05, 0.1) is 0 Å². The van der Waals surface area contributed by atoms with E-state index in [1.54, 1.807) is 17.7 Å². The predicted molar refractivity (Wildman–Crippen MR) is 257 cm³/mol. The van der Waals surface area contributed by atoms with Crippen LogP contribution in [-0.2, 0) is 33.7 Å². The van der Waals surface area contributed by atoms with Crippen LogP contribution in [0.25, 0.3) is 43.8 Å². The topological polar surface area (TPSA) is 0 Å². The van der Waals surface area contributed by atoms with Crippen molar-refractivity contribution in [2.24, 2.45) is 11.8 Å². The van der Waals surface area contributed by atoms with E-state index in [0.29, 0.717) is 9.52 Å². The van der Waals surface area contributed by atoms with Crippen LogP contribution in [0, 0.1) is 39.5 Å². The van der Waals surface area contributed by atoms with Crippen LogP contribution in [-0.4, -0.2) is 15.7 Å². The van der Waals surface area contributed by atoms with Gasteiger partial charge in [-0.05, 0) is 63.5 Å². The molecule has 0 atom stereocenters. The first-order valence-corrected chi connectivity index (χ1v) is 30.6. The number of rotatable bonds is 8. The van der Waals surface area contributed by atoms with Gasteiger partial charge in [0.15, 0.2) is 0 Å². The minimum absolute atomic E-state index is 0.281. The molecule has 2 radical (unpaired) electrons. The van der Waals surface area contributed by atoms with Crippen LogP contribution in [0.15, 0.2) is 97.1 Å². The molecule has 0 spiro atoms. The van der Waals surface area contributed by atoms with Crippen LogP contribution in [0.5, 0.6) is 0 Å². The molecule has 2 fully saturated rings. The summed E-state index contributed by atoms with van der Waals surface area (Å²) in [6.07, 6.45) is 15.1. The number of fused-ring (bicyclic) bond motifs is 2. The van der Waals surface area contributed by atoms with Gasteiger partial charge >= 0.3 is 44.1 Å². The van der Waals surface area contributed by atoms with Crippen molar-refractivity contribution in [3.05, 3.63) is 130 Å². The first-order valence-electron chi connectivity index (χ1n) is 22.6. The van der Waals surface area contributed by atoms with Crippen LogP contribution in [0.4, 0.5) is 13.2 Å². The fraction of sp³-hybridized carbons (Fsp3) is 0.444. The molecule has 0 N–H and O–H groups in total. The molecule has 7 heteroatoms. The van der Waals surface area contributed by atoms with Crippen molar-refractivity contribution in [1.82, 2.24) is 0 Å². The number of benzene rings is 4. The molecular weight excluding hydrogens is 896 g/mol. The second kappa shape index (κ2) is 25.2. The van der Waals surface area contributed by atoms with E-state index in [0.717, 1.165) is 11.8 Å². The van der Waals surface area contributed by atoms with Crippen molar-refractivity contribution < 1.29 is 34.0 Å². The molecule has 61 heavy (non-hydrogen) atoms. The minimum atomic E-state index is -3.94. The summed E-state index contributed by atoms with van der Waals surface area (Å²) >= 11 is -0.826. The van der Waals surface area contributed by atoms with E-state index in [1.807, 2.05) is 0 Å². The Hall–Kier alpha value is -2.43. The second-order valence-electron chi connectivity index (χ2n) is 17.8. The van der Waals surface area contributed by atoms with Crippen LogP contribution in [0.1, 0.15) is 117 Å². The number of hydrogen-bond donors (Lipinski definition) is 0. The Morgan fingerprint density at radius 3 is 1.25 bits per heavy atom. The van der Waals surface area contributed by atoms with Gasteiger partial charge in [0, 0.05) is 15.9 Å². The second-order valence-corrected chi connectivity index (χ2v) is 22.7. The average Bonchev–Trinajstić information content (AvgIpc) is 3.59. The van der Waals surface area contributed by atoms with Crippen molar-refractivity contribution in [2.45, 2.75) is 143 Å². The summed E-state index contributed by atoms with van der Waals surface area (Å²) in [6.45, 7) is 10.5. The molecule has 0 saturated heterocycles. The molecule has 8 rings (SSSR count). The summed E-state index contributed by atoms with van der Waals surface area (Å²) < 4.78 is 33.7. The Balaban J connectivity index is 0.000000187. The van der Waals surface area contributed by atoms with E-state index >= 15 is 0 Å². The zero-order chi connectivity index (χ0) is 43.8. The maximum atomic E-state index is 11.2. The van der Waals surface area contributed by atoms with Crippen LogP contribution in [0.2, 0.25) is 12.6 Å². The third-order valence-electron chi connectivity index (χ3n) is 12.3. The van der Waals surface area contributed by atoms with E-state index in [2.05, 4.69) is 125 Å². The fourth-order valence-electron chi connectivity index (χ4n) is 9.66. The summed E-state index contributed by atoms with van der Waals surface area (Å²) in [5.41, 5.74) is 13.9. The molecule has 2 saturated carbocycles. The van der Waals surface area contributed by atoms with Gasteiger partial charge < -0.3 is 0 Å². The third kappa shape index (κ3) is 16.3. The van der Waals surface area contributed by atoms with Gasteiger partial charge in [-0.3, -0.25) is 0 Å². The fourth-order valence-corrected chi connectivity index (χ4v) is 10.2. The molecule has 2 aliphatic rings. The van der Waals surface area contributed by atoms with Gasteiger partial charge in [0.1, 0.15) is 0 Å². The first kappa shape index (κ1) is 49.6. The Morgan fingerprint density at radius 1 is 0.574 bits per heavy atom. The summed E-state index contributed by atoms with van der Waals surface area (Å²) in [6, 6.07) is 37.4. The SMILES string of the molecule is C[Si]CCC(F)(F)F.Cc1cc(C)cc(-c2cccc3[cH-]c(CC4CCCCCC4)cc23)c1.Cc1cc(C)cc(-c2cccc3[cH-]c(CC4CCCCCC4)cc23)c1.[Cl][Zr+2][Cl].